The van der Waals surface area contributed by atoms with Crippen LogP contribution in [0.25, 0.3) is 17.3 Å². The van der Waals surface area contributed by atoms with E-state index in [2.05, 4.69) is 5.16 Å². The number of aryl methyl sites for hydroxylation is 1. The van der Waals surface area contributed by atoms with Gasteiger partial charge in [0.05, 0.1) is 7.11 Å². The molecule has 0 aliphatic carbocycles. The Morgan fingerprint density at radius 2 is 1.96 bits per heavy atom. The number of aromatic nitrogens is 1. The lowest BCUT2D eigenvalue weighted by atomic mass is 10.1. The van der Waals surface area contributed by atoms with Crippen molar-refractivity contribution >= 4 is 12.0 Å². The number of carbonyl (C=O) groups is 1. The Bertz CT molecular complexity index is 932. The van der Waals surface area contributed by atoms with Gasteiger partial charge in [0.25, 0.3) is 0 Å². The van der Waals surface area contributed by atoms with Gasteiger partial charge in [-0.25, -0.2) is 0 Å². The second-order valence-corrected chi connectivity index (χ2v) is 6.52. The number of benzene rings is 2. The Balaban J connectivity index is 1.47. The van der Waals surface area contributed by atoms with Crippen molar-refractivity contribution in [3.63, 3.8) is 0 Å². The van der Waals surface area contributed by atoms with Crippen LogP contribution in [-0.2, 0) is 11.2 Å². The average Bonchev–Trinajstić information content (AvgIpc) is 3.21. The third-order valence-electron chi connectivity index (χ3n) is 4.43. The third-order valence-corrected chi connectivity index (χ3v) is 4.43. The van der Waals surface area contributed by atoms with E-state index < -0.39 is 0 Å². The van der Waals surface area contributed by atoms with Crippen LogP contribution in [0.5, 0.6) is 5.75 Å². The summed E-state index contributed by atoms with van der Waals surface area (Å²) in [5.74, 6) is 1.56. The highest BCUT2D eigenvalue weighted by Gasteiger charge is 2.08. The standard InChI is InChI=1S/C23H24N2O3/c1-25(23(26)14-13-18-8-6-11-20(16-18)27-2)15-7-12-21-17-22(24-28-21)19-9-4-3-5-10-19/h3-6,8-11,13-14,16-17H,7,12,15H2,1-2H3/b14-13+. The molecule has 1 amide bonds. The highest BCUT2D eigenvalue weighted by Crippen LogP contribution is 2.19. The van der Waals surface area contributed by atoms with Gasteiger partial charge in [-0.05, 0) is 30.2 Å². The Morgan fingerprint density at radius 3 is 2.75 bits per heavy atom. The fraction of sp³-hybridized carbons (Fsp3) is 0.217. The molecule has 0 aliphatic rings. The van der Waals surface area contributed by atoms with Crippen LogP contribution in [0, 0.1) is 0 Å². The van der Waals surface area contributed by atoms with Crippen molar-refractivity contribution < 1.29 is 14.1 Å². The molecule has 0 N–H and O–H groups in total. The fourth-order valence-electron chi connectivity index (χ4n) is 2.82. The molecule has 0 saturated carbocycles. The van der Waals surface area contributed by atoms with Crippen LogP contribution in [0.3, 0.4) is 0 Å². The quantitative estimate of drug-likeness (QED) is 0.545. The lowest BCUT2D eigenvalue weighted by Crippen LogP contribution is -2.26. The molecule has 28 heavy (non-hydrogen) atoms. The summed E-state index contributed by atoms with van der Waals surface area (Å²) in [7, 11) is 3.42. The van der Waals surface area contributed by atoms with Crippen LogP contribution < -0.4 is 4.74 Å². The monoisotopic (exact) mass is 376 g/mol. The van der Waals surface area contributed by atoms with Gasteiger partial charge >= 0.3 is 0 Å². The Labute approximate surface area is 165 Å². The summed E-state index contributed by atoms with van der Waals surface area (Å²) in [5.41, 5.74) is 2.80. The molecule has 0 fully saturated rings. The summed E-state index contributed by atoms with van der Waals surface area (Å²) in [6.07, 6.45) is 4.91. The number of methoxy groups -OCH3 is 1. The second kappa shape index (κ2) is 9.55. The van der Waals surface area contributed by atoms with Gasteiger partial charge in [0.1, 0.15) is 17.2 Å². The Hall–Kier alpha value is -3.34. The van der Waals surface area contributed by atoms with Crippen LogP contribution in [0.2, 0.25) is 0 Å². The van der Waals surface area contributed by atoms with Crippen LogP contribution in [-0.4, -0.2) is 36.7 Å². The largest absolute Gasteiger partial charge is 0.497 e. The number of carbonyl (C=O) groups excluding carboxylic acids is 1. The minimum atomic E-state index is -0.0367. The van der Waals surface area contributed by atoms with E-state index in [1.165, 1.54) is 0 Å². The summed E-state index contributed by atoms with van der Waals surface area (Å²) in [6, 6.07) is 19.5. The first kappa shape index (κ1) is 19.4. The van der Waals surface area contributed by atoms with Gasteiger partial charge in [0, 0.05) is 37.7 Å². The van der Waals surface area contributed by atoms with Gasteiger partial charge in [0.2, 0.25) is 5.91 Å². The van der Waals surface area contributed by atoms with Crippen LogP contribution in [0.1, 0.15) is 17.7 Å². The second-order valence-electron chi connectivity index (χ2n) is 6.52. The molecule has 1 heterocycles. The van der Waals surface area contributed by atoms with Crippen LogP contribution in [0.15, 0.2) is 71.3 Å². The summed E-state index contributed by atoms with van der Waals surface area (Å²) in [5, 5.41) is 4.12. The topological polar surface area (TPSA) is 55.6 Å². The zero-order chi connectivity index (χ0) is 19.8. The maximum absolute atomic E-state index is 12.3. The molecule has 5 heteroatoms. The van der Waals surface area contributed by atoms with Gasteiger partial charge in [-0.15, -0.1) is 0 Å². The molecule has 144 valence electrons. The maximum atomic E-state index is 12.3. The van der Waals surface area contributed by atoms with E-state index in [9.17, 15) is 4.79 Å². The van der Waals surface area contributed by atoms with E-state index >= 15 is 0 Å². The molecule has 0 saturated heterocycles. The molecule has 3 rings (SSSR count). The van der Waals surface area contributed by atoms with Gasteiger partial charge in [-0.3, -0.25) is 4.79 Å². The number of likely N-dealkylation sites (N-methyl/N-ethyl adjacent to an activating group) is 1. The van der Waals surface area contributed by atoms with Crippen molar-refractivity contribution in [1.82, 2.24) is 10.1 Å². The fourth-order valence-corrected chi connectivity index (χ4v) is 2.82. The zero-order valence-corrected chi connectivity index (χ0v) is 16.2. The first-order valence-electron chi connectivity index (χ1n) is 9.24. The minimum Gasteiger partial charge on any atom is -0.497 e. The van der Waals surface area contributed by atoms with Crippen molar-refractivity contribution in [2.75, 3.05) is 20.7 Å². The highest BCUT2D eigenvalue weighted by atomic mass is 16.5. The highest BCUT2D eigenvalue weighted by molar-refractivity contribution is 5.91. The summed E-state index contributed by atoms with van der Waals surface area (Å²) in [4.78, 5) is 14.0. The summed E-state index contributed by atoms with van der Waals surface area (Å²) in [6.45, 7) is 0.642. The number of rotatable bonds is 8. The van der Waals surface area contributed by atoms with Crippen molar-refractivity contribution in [1.29, 1.82) is 0 Å². The average molecular weight is 376 g/mol. The Morgan fingerprint density at radius 1 is 1.14 bits per heavy atom. The van der Waals surface area contributed by atoms with Gasteiger partial charge < -0.3 is 14.2 Å². The number of nitrogens with zero attached hydrogens (tertiary/aromatic N) is 2. The van der Waals surface area contributed by atoms with Crippen molar-refractivity contribution in [2.45, 2.75) is 12.8 Å². The molecule has 0 aliphatic heterocycles. The van der Waals surface area contributed by atoms with Crippen molar-refractivity contribution in [2.24, 2.45) is 0 Å². The lowest BCUT2D eigenvalue weighted by Gasteiger charge is -2.14. The van der Waals surface area contributed by atoms with Crippen molar-refractivity contribution in [3.05, 3.63) is 78.1 Å². The molecule has 1 aromatic heterocycles. The molecular weight excluding hydrogens is 352 g/mol. The maximum Gasteiger partial charge on any atom is 0.246 e. The Kier molecular flexibility index (Phi) is 6.63. The molecule has 0 spiro atoms. The molecule has 2 aromatic carbocycles. The first-order chi connectivity index (χ1) is 13.7. The molecular formula is C23H24N2O3. The number of hydrogen-bond donors (Lipinski definition) is 0. The van der Waals surface area contributed by atoms with Gasteiger partial charge in [-0.1, -0.05) is 47.6 Å². The third kappa shape index (κ3) is 5.33. The van der Waals surface area contributed by atoms with E-state index in [0.29, 0.717) is 6.54 Å². The number of amides is 1. The molecule has 5 nitrogen and oxygen atoms in total. The number of ether oxygens (including phenoxy) is 1. The van der Waals surface area contributed by atoms with E-state index in [4.69, 9.17) is 9.26 Å². The van der Waals surface area contributed by atoms with Crippen LogP contribution >= 0.6 is 0 Å². The summed E-state index contributed by atoms with van der Waals surface area (Å²) >= 11 is 0. The smallest absolute Gasteiger partial charge is 0.246 e. The molecule has 0 radical (unpaired) electrons. The predicted molar refractivity (Wildman–Crippen MR) is 110 cm³/mol. The molecule has 0 atom stereocenters. The lowest BCUT2D eigenvalue weighted by molar-refractivity contribution is -0.124. The normalized spacial score (nSPS) is 10.9. The predicted octanol–water partition coefficient (Wildman–Crippen LogP) is 4.45. The van der Waals surface area contributed by atoms with E-state index in [0.717, 1.165) is 41.2 Å². The first-order valence-corrected chi connectivity index (χ1v) is 9.24. The summed E-state index contributed by atoms with van der Waals surface area (Å²) < 4.78 is 10.6. The zero-order valence-electron chi connectivity index (χ0n) is 16.2. The van der Waals surface area contributed by atoms with Gasteiger partial charge in [-0.2, -0.15) is 0 Å². The van der Waals surface area contributed by atoms with Crippen LogP contribution in [0.4, 0.5) is 0 Å². The molecule has 0 unspecified atom stereocenters. The van der Waals surface area contributed by atoms with E-state index in [1.807, 2.05) is 60.7 Å². The molecule has 0 bridgehead atoms. The minimum absolute atomic E-state index is 0.0367. The van der Waals surface area contributed by atoms with Gasteiger partial charge in [0.15, 0.2) is 0 Å². The number of hydrogen-bond acceptors (Lipinski definition) is 4. The van der Waals surface area contributed by atoms with E-state index in [-0.39, 0.29) is 5.91 Å². The van der Waals surface area contributed by atoms with Crippen molar-refractivity contribution in [3.8, 4) is 17.0 Å². The molecule has 3 aromatic rings. The SMILES string of the molecule is COc1cccc(/C=C/C(=O)N(C)CCCc2cc(-c3ccccc3)no2)c1. The van der Waals surface area contributed by atoms with E-state index in [1.54, 1.807) is 31.2 Å².